The van der Waals surface area contributed by atoms with Crippen molar-refractivity contribution >= 4 is 52.7 Å². The number of amides is 2. The van der Waals surface area contributed by atoms with Gasteiger partial charge in [-0.05, 0) is 36.4 Å². The van der Waals surface area contributed by atoms with E-state index in [4.69, 9.17) is 41.4 Å². The first-order chi connectivity index (χ1) is 12.4. The summed E-state index contributed by atoms with van der Waals surface area (Å²) in [6, 6.07) is 8.82. The zero-order chi connectivity index (χ0) is 18.8. The van der Waals surface area contributed by atoms with E-state index in [1.165, 1.54) is 6.21 Å². The van der Waals surface area contributed by atoms with Crippen LogP contribution >= 0.6 is 34.8 Å². The Morgan fingerprint density at radius 2 is 1.77 bits per heavy atom. The van der Waals surface area contributed by atoms with Crippen LogP contribution in [0.1, 0.15) is 17.2 Å². The maximum Gasteiger partial charge on any atom is 0.347 e. The lowest BCUT2D eigenvalue weighted by Gasteiger charge is -2.22. The van der Waals surface area contributed by atoms with Gasteiger partial charge in [0, 0.05) is 10.6 Å². The average Bonchev–Trinajstić information content (AvgIpc) is 2.59. The molecule has 2 amide bonds. The second kappa shape index (κ2) is 7.38. The minimum absolute atomic E-state index is 0.260. The molecule has 0 bridgehead atoms. The number of hydrogen-bond donors (Lipinski definition) is 1. The number of allylic oxidation sites excluding steroid dienone is 1. The summed E-state index contributed by atoms with van der Waals surface area (Å²) in [5.41, 5.74) is 1.94. The summed E-state index contributed by atoms with van der Waals surface area (Å²) in [4.78, 5) is 15.7. The monoisotopic (exact) mass is 404 g/mol. The number of carbonyl (C=O) groups excluding carboxylic acids is 1. The number of urea groups is 1. The van der Waals surface area contributed by atoms with Crippen molar-refractivity contribution in [1.29, 1.82) is 0 Å². The van der Waals surface area contributed by atoms with Crippen molar-refractivity contribution in [1.82, 2.24) is 5.32 Å². The van der Waals surface area contributed by atoms with Crippen LogP contribution in [-0.4, -0.2) is 12.2 Å². The largest absolute Gasteiger partial charge is 0.347 e. The van der Waals surface area contributed by atoms with Crippen LogP contribution in [-0.2, 0) is 0 Å². The summed E-state index contributed by atoms with van der Waals surface area (Å²) in [5, 5.41) is 8.76. The van der Waals surface area contributed by atoms with Crippen LogP contribution in [0.2, 0.25) is 15.1 Å². The maximum absolute atomic E-state index is 12.0. The van der Waals surface area contributed by atoms with Gasteiger partial charge in [0.2, 0.25) is 0 Å². The number of benzene rings is 2. The second-order valence-corrected chi connectivity index (χ2v) is 6.67. The van der Waals surface area contributed by atoms with Crippen molar-refractivity contribution in [2.75, 3.05) is 5.01 Å². The van der Waals surface area contributed by atoms with Crippen molar-refractivity contribution in [2.45, 2.75) is 6.04 Å². The SMILES string of the molecule is [C-]#[N+]C(c1ccc(Cl)cc1)c1c(Cl)cc(N2N=CC(=C)NC2=O)cc1Cl. The molecule has 0 aliphatic carbocycles. The fourth-order valence-corrected chi connectivity index (χ4v) is 3.30. The van der Waals surface area contributed by atoms with Gasteiger partial charge in [0.05, 0.1) is 33.2 Å². The number of anilines is 1. The van der Waals surface area contributed by atoms with Crippen molar-refractivity contribution in [3.63, 3.8) is 0 Å². The average molecular weight is 406 g/mol. The molecule has 5 nitrogen and oxygen atoms in total. The Hall–Kier alpha value is -2.52. The molecule has 3 rings (SSSR count). The van der Waals surface area contributed by atoms with Crippen molar-refractivity contribution in [2.24, 2.45) is 5.10 Å². The summed E-state index contributed by atoms with van der Waals surface area (Å²) < 4.78 is 0. The minimum atomic E-state index is -0.695. The van der Waals surface area contributed by atoms with Gasteiger partial charge in [0.15, 0.2) is 0 Å². The van der Waals surface area contributed by atoms with Crippen LogP contribution in [0.15, 0.2) is 53.8 Å². The van der Waals surface area contributed by atoms with E-state index in [-0.39, 0.29) is 10.0 Å². The molecule has 1 aliphatic rings. The molecular weight excluding hydrogens is 395 g/mol. The Bertz CT molecular complexity index is 940. The normalized spacial score (nSPS) is 14.8. The number of hydrogen-bond acceptors (Lipinski definition) is 2. The van der Waals surface area contributed by atoms with Crippen LogP contribution < -0.4 is 10.3 Å². The third kappa shape index (κ3) is 3.54. The Morgan fingerprint density at radius 1 is 1.15 bits per heavy atom. The van der Waals surface area contributed by atoms with E-state index < -0.39 is 12.1 Å². The first-order valence-corrected chi connectivity index (χ1v) is 8.49. The number of nitrogens with one attached hydrogen (secondary N) is 1. The molecule has 2 aromatic rings. The molecule has 1 aliphatic heterocycles. The summed E-state index contributed by atoms with van der Waals surface area (Å²) in [7, 11) is 0. The lowest BCUT2D eigenvalue weighted by Crippen LogP contribution is -2.40. The highest BCUT2D eigenvalue weighted by Gasteiger charge is 2.28. The lowest BCUT2D eigenvalue weighted by atomic mass is 9.99. The molecule has 2 aromatic carbocycles. The van der Waals surface area contributed by atoms with Gasteiger partial charge in [0.1, 0.15) is 0 Å². The zero-order valence-electron chi connectivity index (χ0n) is 13.2. The van der Waals surface area contributed by atoms with Crippen LogP contribution in [0.5, 0.6) is 0 Å². The Labute approximate surface area is 165 Å². The number of carbonyl (C=O) groups is 1. The van der Waals surface area contributed by atoms with Gasteiger partial charge in [-0.25, -0.2) is 11.4 Å². The molecule has 1 heterocycles. The fourth-order valence-electron chi connectivity index (χ4n) is 2.49. The molecule has 26 heavy (non-hydrogen) atoms. The van der Waals surface area contributed by atoms with E-state index in [0.29, 0.717) is 27.5 Å². The third-order valence-corrected chi connectivity index (χ3v) is 4.56. The van der Waals surface area contributed by atoms with Crippen molar-refractivity contribution in [3.8, 4) is 0 Å². The van der Waals surface area contributed by atoms with E-state index in [0.717, 1.165) is 5.01 Å². The molecule has 0 radical (unpaired) electrons. The predicted octanol–water partition coefficient (Wildman–Crippen LogP) is 5.68. The quantitative estimate of drug-likeness (QED) is 0.656. The summed E-state index contributed by atoms with van der Waals surface area (Å²) in [5.74, 6) is 0. The molecule has 0 saturated heterocycles. The molecule has 1 unspecified atom stereocenters. The highest BCUT2D eigenvalue weighted by atomic mass is 35.5. The molecule has 1 N–H and O–H groups in total. The van der Waals surface area contributed by atoms with Gasteiger partial charge in [-0.2, -0.15) is 10.1 Å². The first-order valence-electron chi connectivity index (χ1n) is 7.35. The molecule has 0 aromatic heterocycles. The number of rotatable bonds is 3. The molecule has 8 heteroatoms. The smallest absolute Gasteiger partial charge is 0.305 e. The fraction of sp³-hybridized carbons (Fsp3) is 0.0556. The Morgan fingerprint density at radius 3 is 2.31 bits per heavy atom. The van der Waals surface area contributed by atoms with Gasteiger partial charge in [-0.15, -0.1) is 0 Å². The number of hydrazone groups is 1. The van der Waals surface area contributed by atoms with Crippen LogP contribution in [0.3, 0.4) is 0 Å². The minimum Gasteiger partial charge on any atom is -0.305 e. The summed E-state index contributed by atoms with van der Waals surface area (Å²) in [6.07, 6.45) is 1.41. The van der Waals surface area contributed by atoms with E-state index in [9.17, 15) is 4.79 Å². The van der Waals surface area contributed by atoms with Crippen LogP contribution in [0.25, 0.3) is 4.85 Å². The Balaban J connectivity index is 2.03. The predicted molar refractivity (Wildman–Crippen MR) is 105 cm³/mol. The van der Waals surface area contributed by atoms with Crippen LogP contribution in [0.4, 0.5) is 10.5 Å². The number of halogens is 3. The standard InChI is InChI=1S/C18H11Cl3N4O/c1-10-9-23-25(18(26)24-10)13-7-14(20)16(15(21)8-13)17(22-2)11-3-5-12(19)6-4-11/h3-9,17H,1H2,(H,24,26). The maximum atomic E-state index is 12.0. The molecule has 1 atom stereocenters. The highest BCUT2D eigenvalue weighted by molar-refractivity contribution is 6.36. The van der Waals surface area contributed by atoms with Gasteiger partial charge < -0.3 is 10.2 Å². The van der Waals surface area contributed by atoms with Gasteiger partial charge in [-0.1, -0.05) is 41.4 Å². The topological polar surface area (TPSA) is 49.1 Å². The van der Waals surface area contributed by atoms with E-state index in [1.54, 1.807) is 36.4 Å². The van der Waals surface area contributed by atoms with E-state index in [2.05, 4.69) is 21.8 Å². The van der Waals surface area contributed by atoms with Gasteiger partial charge in [-0.3, -0.25) is 0 Å². The van der Waals surface area contributed by atoms with Crippen molar-refractivity contribution < 1.29 is 4.79 Å². The first kappa shape index (κ1) is 18.3. The van der Waals surface area contributed by atoms with E-state index in [1.807, 2.05) is 0 Å². The highest BCUT2D eigenvalue weighted by Crippen LogP contribution is 2.40. The third-order valence-electron chi connectivity index (χ3n) is 3.69. The lowest BCUT2D eigenvalue weighted by molar-refractivity contribution is 0.248. The van der Waals surface area contributed by atoms with E-state index >= 15 is 0 Å². The van der Waals surface area contributed by atoms with Gasteiger partial charge in [0.25, 0.3) is 6.04 Å². The zero-order valence-corrected chi connectivity index (χ0v) is 15.5. The molecular formula is C18H11Cl3N4O. The second-order valence-electron chi connectivity index (χ2n) is 5.42. The number of nitrogens with zero attached hydrogens (tertiary/aromatic N) is 3. The molecule has 0 saturated carbocycles. The Kier molecular flexibility index (Phi) is 5.19. The van der Waals surface area contributed by atoms with Gasteiger partial charge >= 0.3 is 6.03 Å². The summed E-state index contributed by atoms with van der Waals surface area (Å²) in [6.45, 7) is 11.2. The molecule has 0 spiro atoms. The summed E-state index contributed by atoms with van der Waals surface area (Å²) >= 11 is 18.7. The van der Waals surface area contributed by atoms with Crippen molar-refractivity contribution in [3.05, 3.63) is 86.3 Å². The molecule has 130 valence electrons. The van der Waals surface area contributed by atoms with Crippen LogP contribution in [0, 0.1) is 6.57 Å². The molecule has 0 fully saturated rings.